The monoisotopic (exact) mass is 328 g/mol. The molecule has 0 radical (unpaired) electrons. The van der Waals surface area contributed by atoms with Crippen LogP contribution in [0, 0.1) is 19.7 Å². The number of Topliss-reactive ketones (excluding diaryl/α,β-unsaturated/α-hetero) is 1. The number of carbonyl (C=O) groups is 2. The van der Waals surface area contributed by atoms with E-state index in [1.54, 1.807) is 24.8 Å². The molecule has 126 valence electrons. The fourth-order valence-electron chi connectivity index (χ4n) is 3.63. The molecule has 2 aromatic rings. The molecule has 5 heteroatoms. The van der Waals surface area contributed by atoms with Crippen LogP contribution in [0.4, 0.5) is 4.39 Å². The lowest BCUT2D eigenvalue weighted by Crippen LogP contribution is -2.39. The molecule has 1 aliphatic heterocycles. The zero-order valence-electron chi connectivity index (χ0n) is 14.4. The lowest BCUT2D eigenvalue weighted by atomic mass is 9.92. The number of hydrogen-bond donors (Lipinski definition) is 1. The van der Waals surface area contributed by atoms with Gasteiger partial charge < -0.3 is 9.88 Å². The number of halogens is 1. The maximum absolute atomic E-state index is 13.6. The number of aromatic nitrogens is 1. The average Bonchev–Trinajstić information content (AvgIpc) is 2.83. The number of nitrogens with one attached hydrogen (secondary N) is 1. The summed E-state index contributed by atoms with van der Waals surface area (Å²) in [6, 6.07) is 4.57. The molecular weight excluding hydrogens is 307 g/mol. The zero-order chi connectivity index (χ0) is 17.6. The third kappa shape index (κ3) is 2.54. The van der Waals surface area contributed by atoms with Crippen molar-refractivity contribution in [2.24, 2.45) is 0 Å². The van der Waals surface area contributed by atoms with Crippen LogP contribution in [0.15, 0.2) is 18.2 Å². The molecule has 2 heterocycles. The number of ketones is 1. The number of fused-ring (bicyclic) bond motifs is 1. The Morgan fingerprint density at radius 1 is 1.29 bits per heavy atom. The number of nitrogens with zero attached hydrogens (tertiary/aromatic N) is 1. The van der Waals surface area contributed by atoms with Crippen molar-refractivity contribution in [3.05, 3.63) is 57.7 Å². The topological polar surface area (TPSA) is 53.2 Å². The van der Waals surface area contributed by atoms with Crippen LogP contribution < -0.4 is 0 Å². The molecule has 1 N–H and O–H groups in total. The smallest absolute Gasteiger partial charge is 0.256 e. The van der Waals surface area contributed by atoms with Crippen LogP contribution in [0.1, 0.15) is 63.1 Å². The van der Waals surface area contributed by atoms with Gasteiger partial charge in [0.1, 0.15) is 5.82 Å². The van der Waals surface area contributed by atoms with Gasteiger partial charge in [0.15, 0.2) is 5.78 Å². The van der Waals surface area contributed by atoms with E-state index in [0.29, 0.717) is 35.5 Å². The molecule has 1 atom stereocenters. The predicted octanol–water partition coefficient (Wildman–Crippen LogP) is 3.73. The fraction of sp³-hybridized carbons (Fsp3) is 0.368. The zero-order valence-corrected chi connectivity index (χ0v) is 14.4. The summed E-state index contributed by atoms with van der Waals surface area (Å²) in [6.45, 7) is 7.57. The molecule has 0 fully saturated rings. The average molecular weight is 328 g/mol. The van der Waals surface area contributed by atoms with E-state index in [2.05, 4.69) is 4.98 Å². The van der Waals surface area contributed by atoms with E-state index in [4.69, 9.17) is 0 Å². The van der Waals surface area contributed by atoms with Gasteiger partial charge in [0.2, 0.25) is 0 Å². The van der Waals surface area contributed by atoms with Crippen LogP contribution in [0.25, 0.3) is 0 Å². The number of H-pyrrole nitrogens is 1. The summed E-state index contributed by atoms with van der Waals surface area (Å²) in [4.78, 5) is 29.6. The minimum absolute atomic E-state index is 0.0891. The molecular formula is C19H21FN2O2. The van der Waals surface area contributed by atoms with Crippen molar-refractivity contribution in [3.8, 4) is 0 Å². The lowest BCUT2D eigenvalue weighted by Gasteiger charge is -2.35. The third-order valence-electron chi connectivity index (χ3n) is 4.91. The highest BCUT2D eigenvalue weighted by Crippen LogP contribution is 2.32. The minimum Gasteiger partial charge on any atom is -0.355 e. The van der Waals surface area contributed by atoms with Crippen LogP contribution in [0.3, 0.4) is 0 Å². The molecule has 3 rings (SSSR count). The van der Waals surface area contributed by atoms with E-state index in [1.165, 1.54) is 19.1 Å². The summed E-state index contributed by atoms with van der Waals surface area (Å²) >= 11 is 0. The Morgan fingerprint density at radius 3 is 2.62 bits per heavy atom. The van der Waals surface area contributed by atoms with Gasteiger partial charge >= 0.3 is 0 Å². The lowest BCUT2D eigenvalue weighted by molar-refractivity contribution is 0.0676. The molecule has 0 spiro atoms. The molecule has 1 aliphatic rings. The molecule has 1 aromatic carbocycles. The number of aromatic amines is 1. The van der Waals surface area contributed by atoms with Gasteiger partial charge in [-0.15, -0.1) is 0 Å². The van der Waals surface area contributed by atoms with E-state index < -0.39 is 0 Å². The standard InChI is InChI=1S/C19H21FN2O2/c1-10-17(11(2)21-18(10)13(4)23)19(24)22-8-7-14-5-6-15(20)9-16(14)12(22)3/h5-6,9,12,21H,7-8H2,1-4H3/t12-/m0/s1. The third-order valence-corrected chi connectivity index (χ3v) is 4.91. The van der Waals surface area contributed by atoms with E-state index >= 15 is 0 Å². The van der Waals surface area contributed by atoms with Gasteiger partial charge in [0.05, 0.1) is 17.3 Å². The summed E-state index contributed by atoms with van der Waals surface area (Å²) in [5.74, 6) is -0.493. The highest BCUT2D eigenvalue weighted by molar-refractivity contribution is 6.02. The first-order chi connectivity index (χ1) is 11.3. The van der Waals surface area contributed by atoms with Crippen LogP contribution in [-0.4, -0.2) is 28.1 Å². The van der Waals surface area contributed by atoms with Crippen molar-refractivity contribution < 1.29 is 14.0 Å². The van der Waals surface area contributed by atoms with Crippen molar-refractivity contribution in [2.75, 3.05) is 6.54 Å². The summed E-state index contributed by atoms with van der Waals surface area (Å²) in [6.07, 6.45) is 0.702. The van der Waals surface area contributed by atoms with Crippen molar-refractivity contribution in [1.82, 2.24) is 9.88 Å². The van der Waals surface area contributed by atoms with Gasteiger partial charge in [-0.1, -0.05) is 6.07 Å². The summed E-state index contributed by atoms with van der Waals surface area (Å²) < 4.78 is 13.6. The van der Waals surface area contributed by atoms with E-state index in [1.807, 2.05) is 6.92 Å². The SMILES string of the molecule is CC(=O)c1[nH]c(C)c(C(=O)N2CCc3ccc(F)cc3[C@@H]2C)c1C. The largest absolute Gasteiger partial charge is 0.355 e. The molecule has 0 saturated heterocycles. The second-order valence-electron chi connectivity index (χ2n) is 6.45. The number of aryl methyl sites for hydroxylation is 1. The Bertz CT molecular complexity index is 838. The fourth-order valence-corrected chi connectivity index (χ4v) is 3.63. The van der Waals surface area contributed by atoms with Crippen molar-refractivity contribution in [3.63, 3.8) is 0 Å². The number of benzene rings is 1. The number of hydrogen-bond acceptors (Lipinski definition) is 2. The first kappa shape index (κ1) is 16.4. The second kappa shape index (κ2) is 5.89. The molecule has 0 bridgehead atoms. The van der Waals surface area contributed by atoms with E-state index in [-0.39, 0.29) is 23.5 Å². The van der Waals surface area contributed by atoms with Crippen molar-refractivity contribution in [2.45, 2.75) is 40.2 Å². The maximum atomic E-state index is 13.6. The Hall–Kier alpha value is -2.43. The van der Waals surface area contributed by atoms with Gasteiger partial charge in [-0.25, -0.2) is 4.39 Å². The summed E-state index contributed by atoms with van der Waals surface area (Å²) in [5.41, 5.74) is 4.34. The first-order valence-electron chi connectivity index (χ1n) is 8.10. The van der Waals surface area contributed by atoms with Crippen LogP contribution >= 0.6 is 0 Å². The van der Waals surface area contributed by atoms with Gasteiger partial charge in [-0.3, -0.25) is 9.59 Å². The van der Waals surface area contributed by atoms with Crippen LogP contribution in [0.5, 0.6) is 0 Å². The second-order valence-corrected chi connectivity index (χ2v) is 6.45. The van der Waals surface area contributed by atoms with Crippen LogP contribution in [0.2, 0.25) is 0 Å². The minimum atomic E-state index is -0.289. The maximum Gasteiger partial charge on any atom is 0.256 e. The normalized spacial score (nSPS) is 16.9. The molecule has 0 saturated carbocycles. The van der Waals surface area contributed by atoms with Crippen LogP contribution in [-0.2, 0) is 6.42 Å². The Morgan fingerprint density at radius 2 is 2.00 bits per heavy atom. The summed E-state index contributed by atoms with van der Waals surface area (Å²) in [7, 11) is 0. The van der Waals surface area contributed by atoms with Gasteiger partial charge in [0.25, 0.3) is 5.91 Å². The summed E-state index contributed by atoms with van der Waals surface area (Å²) in [5, 5.41) is 0. The number of amides is 1. The molecule has 4 nitrogen and oxygen atoms in total. The molecule has 1 aromatic heterocycles. The van der Waals surface area contributed by atoms with Crippen molar-refractivity contribution in [1.29, 1.82) is 0 Å². The first-order valence-corrected chi connectivity index (χ1v) is 8.10. The Balaban J connectivity index is 1.99. The van der Waals surface area contributed by atoms with Gasteiger partial charge in [-0.2, -0.15) is 0 Å². The van der Waals surface area contributed by atoms with E-state index in [0.717, 1.165) is 11.1 Å². The van der Waals surface area contributed by atoms with Crippen molar-refractivity contribution >= 4 is 11.7 Å². The number of carbonyl (C=O) groups excluding carboxylic acids is 2. The molecule has 0 aliphatic carbocycles. The molecule has 0 unspecified atom stereocenters. The number of rotatable bonds is 2. The highest BCUT2D eigenvalue weighted by Gasteiger charge is 2.31. The molecule has 24 heavy (non-hydrogen) atoms. The molecule has 1 amide bonds. The predicted molar refractivity (Wildman–Crippen MR) is 89.8 cm³/mol. The highest BCUT2D eigenvalue weighted by atomic mass is 19.1. The van der Waals surface area contributed by atoms with Gasteiger partial charge in [-0.05, 0) is 56.0 Å². The Kier molecular flexibility index (Phi) is 4.03. The van der Waals surface area contributed by atoms with E-state index in [9.17, 15) is 14.0 Å². The Labute approximate surface area is 140 Å². The quantitative estimate of drug-likeness (QED) is 0.854. The van der Waals surface area contributed by atoms with Gasteiger partial charge in [0, 0.05) is 19.2 Å².